The molecule has 2 saturated carbocycles. The van der Waals surface area contributed by atoms with Crippen molar-refractivity contribution in [2.75, 3.05) is 59.0 Å². The summed E-state index contributed by atoms with van der Waals surface area (Å²) in [6.45, 7) is 11.4. The molecule has 1 aliphatic heterocycles. The highest BCUT2D eigenvalue weighted by molar-refractivity contribution is 5.80. The van der Waals surface area contributed by atoms with Crippen LogP contribution in [0.5, 0.6) is 0 Å². The standard InChI is InChI=1S/C19H35N5O2/c1-3-20-18(22-11-13-23(14-12-22)19(25)26-4-2)21-9-10-24(17-7-8-17)15-16-5-6-16/h16-17H,3-15H2,1-2H3,(H,20,21). The summed E-state index contributed by atoms with van der Waals surface area (Å²) in [5.74, 6) is 1.93. The van der Waals surface area contributed by atoms with Crippen molar-refractivity contribution in [1.29, 1.82) is 0 Å². The minimum Gasteiger partial charge on any atom is -0.450 e. The van der Waals surface area contributed by atoms with E-state index in [-0.39, 0.29) is 6.09 Å². The van der Waals surface area contributed by atoms with Gasteiger partial charge in [0.2, 0.25) is 0 Å². The lowest BCUT2D eigenvalue weighted by Gasteiger charge is -2.36. The van der Waals surface area contributed by atoms with E-state index in [4.69, 9.17) is 9.73 Å². The summed E-state index contributed by atoms with van der Waals surface area (Å²) in [5.41, 5.74) is 0. The van der Waals surface area contributed by atoms with Gasteiger partial charge in [-0.05, 0) is 45.4 Å². The summed E-state index contributed by atoms with van der Waals surface area (Å²) in [6, 6.07) is 0.821. The van der Waals surface area contributed by atoms with Crippen LogP contribution in [0.1, 0.15) is 39.5 Å². The van der Waals surface area contributed by atoms with E-state index >= 15 is 0 Å². The van der Waals surface area contributed by atoms with Gasteiger partial charge in [-0.15, -0.1) is 0 Å². The lowest BCUT2D eigenvalue weighted by atomic mass is 10.3. The molecule has 0 radical (unpaired) electrons. The van der Waals surface area contributed by atoms with Crippen LogP contribution in [-0.4, -0.2) is 91.8 Å². The number of carbonyl (C=O) groups is 1. The first-order valence-corrected chi connectivity index (χ1v) is 10.4. The fourth-order valence-electron chi connectivity index (χ4n) is 3.52. The molecule has 26 heavy (non-hydrogen) atoms. The number of piperazine rings is 1. The topological polar surface area (TPSA) is 60.4 Å². The molecular weight excluding hydrogens is 330 g/mol. The zero-order valence-electron chi connectivity index (χ0n) is 16.5. The molecule has 7 heteroatoms. The van der Waals surface area contributed by atoms with Gasteiger partial charge in [-0.2, -0.15) is 0 Å². The SMILES string of the molecule is CCNC(=NCCN(CC1CC1)C1CC1)N1CCN(C(=O)OCC)CC1. The summed E-state index contributed by atoms with van der Waals surface area (Å²) in [6.07, 6.45) is 5.37. The molecule has 2 aliphatic carbocycles. The third kappa shape index (κ3) is 5.76. The number of guanidine groups is 1. The summed E-state index contributed by atoms with van der Waals surface area (Å²) in [7, 11) is 0. The van der Waals surface area contributed by atoms with E-state index in [1.54, 1.807) is 4.90 Å². The molecule has 0 atom stereocenters. The number of rotatable bonds is 8. The van der Waals surface area contributed by atoms with Crippen molar-refractivity contribution >= 4 is 12.1 Å². The van der Waals surface area contributed by atoms with Crippen molar-refractivity contribution in [3.8, 4) is 0 Å². The molecule has 1 saturated heterocycles. The highest BCUT2D eigenvalue weighted by atomic mass is 16.6. The number of ether oxygens (including phenoxy) is 1. The minimum atomic E-state index is -0.200. The lowest BCUT2D eigenvalue weighted by Crippen LogP contribution is -2.54. The zero-order valence-corrected chi connectivity index (χ0v) is 16.5. The molecule has 1 amide bonds. The van der Waals surface area contributed by atoms with Crippen LogP contribution in [0.4, 0.5) is 4.79 Å². The second-order valence-corrected chi connectivity index (χ2v) is 7.58. The van der Waals surface area contributed by atoms with Gasteiger partial charge in [0.05, 0.1) is 13.2 Å². The lowest BCUT2D eigenvalue weighted by molar-refractivity contribution is 0.0914. The van der Waals surface area contributed by atoms with Crippen LogP contribution in [0.25, 0.3) is 0 Å². The Morgan fingerprint density at radius 3 is 2.38 bits per heavy atom. The van der Waals surface area contributed by atoms with E-state index < -0.39 is 0 Å². The fraction of sp³-hybridized carbons (Fsp3) is 0.895. The van der Waals surface area contributed by atoms with Crippen molar-refractivity contribution < 1.29 is 9.53 Å². The Hall–Kier alpha value is -1.50. The van der Waals surface area contributed by atoms with E-state index in [1.165, 1.54) is 32.2 Å². The number of carbonyl (C=O) groups excluding carboxylic acids is 1. The van der Waals surface area contributed by atoms with Crippen molar-refractivity contribution in [3.63, 3.8) is 0 Å². The second-order valence-electron chi connectivity index (χ2n) is 7.58. The molecule has 7 nitrogen and oxygen atoms in total. The fourth-order valence-corrected chi connectivity index (χ4v) is 3.52. The molecule has 3 aliphatic rings. The third-order valence-electron chi connectivity index (χ3n) is 5.34. The Morgan fingerprint density at radius 2 is 1.81 bits per heavy atom. The maximum absolute atomic E-state index is 11.8. The first kappa shape index (κ1) is 19.3. The molecule has 3 fully saturated rings. The summed E-state index contributed by atoms with van der Waals surface area (Å²) in [4.78, 5) is 23.4. The number of aliphatic imine (C=N–C) groups is 1. The molecule has 0 aromatic carbocycles. The number of nitrogens with zero attached hydrogens (tertiary/aromatic N) is 4. The van der Waals surface area contributed by atoms with Crippen LogP contribution >= 0.6 is 0 Å². The van der Waals surface area contributed by atoms with Crippen molar-refractivity contribution in [2.45, 2.75) is 45.6 Å². The van der Waals surface area contributed by atoms with Gasteiger partial charge in [0.15, 0.2) is 5.96 Å². The summed E-state index contributed by atoms with van der Waals surface area (Å²) in [5, 5.41) is 3.42. The third-order valence-corrected chi connectivity index (χ3v) is 5.34. The van der Waals surface area contributed by atoms with E-state index in [0.717, 1.165) is 50.6 Å². The molecule has 0 aromatic heterocycles. The molecule has 3 rings (SSSR count). The van der Waals surface area contributed by atoms with Gasteiger partial charge < -0.3 is 19.9 Å². The smallest absolute Gasteiger partial charge is 0.409 e. The van der Waals surface area contributed by atoms with E-state index in [1.807, 2.05) is 6.92 Å². The molecule has 1 N–H and O–H groups in total. The number of hydrogen-bond acceptors (Lipinski definition) is 4. The Kier molecular flexibility index (Phi) is 7.00. The van der Waals surface area contributed by atoms with E-state index in [0.29, 0.717) is 19.7 Å². The number of amides is 1. The number of hydrogen-bond donors (Lipinski definition) is 1. The predicted molar refractivity (Wildman–Crippen MR) is 103 cm³/mol. The average molecular weight is 366 g/mol. The van der Waals surface area contributed by atoms with Gasteiger partial charge in [0.1, 0.15) is 0 Å². The second kappa shape index (κ2) is 9.44. The maximum Gasteiger partial charge on any atom is 0.409 e. The normalized spacial score (nSPS) is 21.3. The van der Waals surface area contributed by atoms with Gasteiger partial charge in [0, 0.05) is 51.9 Å². The van der Waals surface area contributed by atoms with Gasteiger partial charge >= 0.3 is 6.09 Å². The zero-order chi connectivity index (χ0) is 18.4. The molecule has 0 spiro atoms. The molecule has 0 aromatic rings. The monoisotopic (exact) mass is 365 g/mol. The first-order valence-electron chi connectivity index (χ1n) is 10.4. The van der Waals surface area contributed by atoms with Crippen molar-refractivity contribution in [3.05, 3.63) is 0 Å². The molecule has 148 valence electrons. The van der Waals surface area contributed by atoms with Crippen LogP contribution in [0, 0.1) is 5.92 Å². The van der Waals surface area contributed by atoms with E-state index in [9.17, 15) is 4.79 Å². The number of nitrogens with one attached hydrogen (secondary N) is 1. The predicted octanol–water partition coefficient (Wildman–Crippen LogP) is 1.60. The van der Waals surface area contributed by atoms with Gasteiger partial charge in [0.25, 0.3) is 0 Å². The quantitative estimate of drug-likeness (QED) is 0.523. The van der Waals surface area contributed by atoms with Crippen molar-refractivity contribution in [1.82, 2.24) is 20.0 Å². The van der Waals surface area contributed by atoms with Gasteiger partial charge in [-0.25, -0.2) is 4.79 Å². The Labute approximate surface area is 157 Å². The van der Waals surface area contributed by atoms with Crippen LogP contribution in [0.2, 0.25) is 0 Å². The molecular formula is C19H35N5O2. The summed E-state index contributed by atoms with van der Waals surface area (Å²) >= 11 is 0. The highest BCUT2D eigenvalue weighted by Gasteiger charge is 2.33. The maximum atomic E-state index is 11.8. The first-order chi connectivity index (χ1) is 12.7. The van der Waals surface area contributed by atoms with Crippen LogP contribution in [0.3, 0.4) is 0 Å². The highest BCUT2D eigenvalue weighted by Crippen LogP contribution is 2.34. The molecule has 1 heterocycles. The van der Waals surface area contributed by atoms with Crippen LogP contribution < -0.4 is 5.32 Å². The van der Waals surface area contributed by atoms with Crippen LogP contribution in [-0.2, 0) is 4.74 Å². The Balaban J connectivity index is 1.46. The Morgan fingerprint density at radius 1 is 1.12 bits per heavy atom. The van der Waals surface area contributed by atoms with Gasteiger partial charge in [-0.1, -0.05) is 0 Å². The molecule has 0 unspecified atom stereocenters. The summed E-state index contributed by atoms with van der Waals surface area (Å²) < 4.78 is 5.10. The van der Waals surface area contributed by atoms with Gasteiger partial charge in [-0.3, -0.25) is 9.89 Å². The minimum absolute atomic E-state index is 0.200. The molecule has 0 bridgehead atoms. The Bertz CT molecular complexity index is 482. The van der Waals surface area contributed by atoms with Crippen molar-refractivity contribution in [2.24, 2.45) is 10.9 Å². The largest absolute Gasteiger partial charge is 0.450 e. The average Bonchev–Trinajstić information content (AvgIpc) is 3.54. The van der Waals surface area contributed by atoms with E-state index in [2.05, 4.69) is 22.0 Å². The van der Waals surface area contributed by atoms with Crippen LogP contribution in [0.15, 0.2) is 4.99 Å².